The number of carbonyl (C=O) groups excluding carboxylic acids is 1. The van der Waals surface area contributed by atoms with Crippen LogP contribution in [0.25, 0.3) is 0 Å². The van der Waals surface area contributed by atoms with Crippen molar-refractivity contribution in [3.05, 3.63) is 35.0 Å². The van der Waals surface area contributed by atoms with Crippen molar-refractivity contribution >= 4 is 17.3 Å². The van der Waals surface area contributed by atoms with Crippen LogP contribution in [0.15, 0.2) is 30.2 Å². The second-order valence-electron chi connectivity index (χ2n) is 2.28. The van der Waals surface area contributed by atoms with Gasteiger partial charge >= 0.3 is 5.97 Å². The monoisotopic (exact) mass is 182 g/mol. The van der Waals surface area contributed by atoms with Gasteiger partial charge in [-0.25, -0.2) is 0 Å². The van der Waals surface area contributed by atoms with Crippen molar-refractivity contribution < 1.29 is 9.53 Å². The Hall–Kier alpha value is -1.09. The molecular formula is C9H10O2S. The van der Waals surface area contributed by atoms with Crippen LogP contribution in [0.5, 0.6) is 0 Å². The molecule has 64 valence electrons. The summed E-state index contributed by atoms with van der Waals surface area (Å²) in [6, 6.07) is 3.83. The Morgan fingerprint density at radius 3 is 3.00 bits per heavy atom. The standard InChI is InChI=1S/C9H10O2S/c1-3-8(11-7(2)10)9-5-4-6-12-9/h3-6,8H,1H2,2H3/t8-/m1/s1. The van der Waals surface area contributed by atoms with Gasteiger partial charge in [0.05, 0.1) is 0 Å². The third-order valence-corrected chi connectivity index (χ3v) is 2.26. The van der Waals surface area contributed by atoms with Crippen LogP contribution in [-0.2, 0) is 9.53 Å². The molecule has 0 aliphatic heterocycles. The molecular weight excluding hydrogens is 172 g/mol. The van der Waals surface area contributed by atoms with Gasteiger partial charge in [-0.15, -0.1) is 11.3 Å². The van der Waals surface area contributed by atoms with E-state index in [-0.39, 0.29) is 12.1 Å². The van der Waals surface area contributed by atoms with Gasteiger partial charge in [-0.1, -0.05) is 12.6 Å². The summed E-state index contributed by atoms with van der Waals surface area (Å²) < 4.78 is 5.00. The lowest BCUT2D eigenvalue weighted by Gasteiger charge is -2.09. The highest BCUT2D eigenvalue weighted by Crippen LogP contribution is 2.23. The largest absolute Gasteiger partial charge is 0.453 e. The van der Waals surface area contributed by atoms with Crippen molar-refractivity contribution in [3.8, 4) is 0 Å². The highest BCUT2D eigenvalue weighted by Gasteiger charge is 2.10. The molecule has 0 aromatic carbocycles. The Morgan fingerprint density at radius 1 is 1.83 bits per heavy atom. The van der Waals surface area contributed by atoms with Crippen LogP contribution >= 0.6 is 11.3 Å². The lowest BCUT2D eigenvalue weighted by molar-refractivity contribution is -0.144. The molecule has 1 aromatic heterocycles. The van der Waals surface area contributed by atoms with Crippen molar-refractivity contribution in [3.63, 3.8) is 0 Å². The van der Waals surface area contributed by atoms with E-state index in [0.717, 1.165) is 4.88 Å². The average Bonchev–Trinajstić information content (AvgIpc) is 2.51. The first kappa shape index (κ1) is 9.00. The summed E-state index contributed by atoms with van der Waals surface area (Å²) in [4.78, 5) is 11.6. The number of carbonyl (C=O) groups is 1. The van der Waals surface area contributed by atoms with E-state index >= 15 is 0 Å². The summed E-state index contributed by atoms with van der Waals surface area (Å²) in [7, 11) is 0. The Kier molecular flexibility index (Phi) is 3.05. The number of hydrogen-bond acceptors (Lipinski definition) is 3. The van der Waals surface area contributed by atoms with Gasteiger partial charge < -0.3 is 4.74 Å². The fourth-order valence-corrected chi connectivity index (χ4v) is 1.60. The topological polar surface area (TPSA) is 26.3 Å². The van der Waals surface area contributed by atoms with Gasteiger partial charge in [0.2, 0.25) is 0 Å². The number of ether oxygens (including phenoxy) is 1. The van der Waals surface area contributed by atoms with E-state index in [1.165, 1.54) is 6.92 Å². The molecule has 12 heavy (non-hydrogen) atoms. The van der Waals surface area contributed by atoms with Gasteiger partial charge in [-0.05, 0) is 17.5 Å². The second-order valence-corrected chi connectivity index (χ2v) is 3.26. The molecule has 0 radical (unpaired) electrons. The minimum atomic E-state index is -0.289. The summed E-state index contributed by atoms with van der Waals surface area (Å²) in [5.74, 6) is -0.284. The maximum atomic E-state index is 10.6. The average molecular weight is 182 g/mol. The molecule has 1 aromatic rings. The molecule has 0 amide bonds. The van der Waals surface area contributed by atoms with Crippen LogP contribution in [0, 0.1) is 0 Å². The maximum absolute atomic E-state index is 10.6. The molecule has 0 spiro atoms. The van der Waals surface area contributed by atoms with E-state index in [2.05, 4.69) is 6.58 Å². The van der Waals surface area contributed by atoms with Crippen LogP contribution < -0.4 is 0 Å². The summed E-state index contributed by atoms with van der Waals surface area (Å²) >= 11 is 1.55. The molecule has 1 heterocycles. The Morgan fingerprint density at radius 2 is 2.58 bits per heavy atom. The smallest absolute Gasteiger partial charge is 0.303 e. The Balaban J connectivity index is 2.69. The third-order valence-electron chi connectivity index (χ3n) is 1.33. The van der Waals surface area contributed by atoms with Crippen molar-refractivity contribution in [2.75, 3.05) is 0 Å². The minimum absolute atomic E-state index is 0.284. The molecule has 1 atom stereocenters. The molecule has 0 saturated heterocycles. The Bertz CT molecular complexity index is 264. The van der Waals surface area contributed by atoms with Gasteiger partial charge in [0, 0.05) is 11.8 Å². The second kappa shape index (κ2) is 4.07. The molecule has 1 rings (SSSR count). The number of esters is 1. The molecule has 3 heteroatoms. The first-order chi connectivity index (χ1) is 5.74. The number of thiophene rings is 1. The molecule has 0 saturated carbocycles. The van der Waals surface area contributed by atoms with Crippen LogP contribution in [-0.4, -0.2) is 5.97 Å². The van der Waals surface area contributed by atoms with Gasteiger partial charge in [-0.3, -0.25) is 4.79 Å². The lowest BCUT2D eigenvalue weighted by Crippen LogP contribution is -2.03. The zero-order valence-corrected chi connectivity index (χ0v) is 7.64. The Labute approximate surface area is 75.5 Å². The summed E-state index contributed by atoms with van der Waals surface area (Å²) in [5.41, 5.74) is 0. The van der Waals surface area contributed by atoms with Crippen molar-refractivity contribution in [1.82, 2.24) is 0 Å². The van der Waals surface area contributed by atoms with Crippen molar-refractivity contribution in [2.24, 2.45) is 0 Å². The highest BCUT2D eigenvalue weighted by molar-refractivity contribution is 7.10. The summed E-state index contributed by atoms with van der Waals surface area (Å²) in [6.45, 7) is 4.99. The maximum Gasteiger partial charge on any atom is 0.303 e. The quantitative estimate of drug-likeness (QED) is 0.530. The van der Waals surface area contributed by atoms with Gasteiger partial charge in [-0.2, -0.15) is 0 Å². The predicted octanol–water partition coefficient (Wildman–Crippen LogP) is 2.54. The van der Waals surface area contributed by atoms with E-state index in [9.17, 15) is 4.79 Å². The van der Waals surface area contributed by atoms with Gasteiger partial charge in [0.25, 0.3) is 0 Å². The summed E-state index contributed by atoms with van der Waals surface area (Å²) in [6.07, 6.45) is 1.33. The fourth-order valence-electron chi connectivity index (χ4n) is 0.854. The van der Waals surface area contributed by atoms with Crippen LogP contribution in [0.2, 0.25) is 0 Å². The molecule has 2 nitrogen and oxygen atoms in total. The third kappa shape index (κ3) is 2.20. The highest BCUT2D eigenvalue weighted by atomic mass is 32.1. The SMILES string of the molecule is C=C[C@@H](OC(C)=O)c1cccs1. The fraction of sp³-hybridized carbons (Fsp3) is 0.222. The van der Waals surface area contributed by atoms with Crippen LogP contribution in [0.4, 0.5) is 0 Å². The molecule has 0 aliphatic carbocycles. The van der Waals surface area contributed by atoms with Crippen LogP contribution in [0.3, 0.4) is 0 Å². The number of hydrogen-bond donors (Lipinski definition) is 0. The van der Waals surface area contributed by atoms with Crippen molar-refractivity contribution in [1.29, 1.82) is 0 Å². The molecule has 0 fully saturated rings. The van der Waals surface area contributed by atoms with Gasteiger partial charge in [0.15, 0.2) is 6.10 Å². The van der Waals surface area contributed by atoms with E-state index in [4.69, 9.17) is 4.74 Å². The van der Waals surface area contributed by atoms with Crippen LogP contribution in [0.1, 0.15) is 17.9 Å². The first-order valence-electron chi connectivity index (χ1n) is 3.57. The molecule has 0 aliphatic rings. The van der Waals surface area contributed by atoms with Crippen molar-refractivity contribution in [2.45, 2.75) is 13.0 Å². The zero-order chi connectivity index (χ0) is 8.97. The minimum Gasteiger partial charge on any atom is -0.453 e. The lowest BCUT2D eigenvalue weighted by atomic mass is 10.3. The molecule has 0 N–H and O–H groups in total. The van der Waals surface area contributed by atoms with E-state index < -0.39 is 0 Å². The van der Waals surface area contributed by atoms with E-state index in [1.807, 2.05) is 17.5 Å². The zero-order valence-electron chi connectivity index (χ0n) is 6.82. The van der Waals surface area contributed by atoms with Gasteiger partial charge in [0.1, 0.15) is 0 Å². The normalized spacial score (nSPS) is 12.1. The summed E-state index contributed by atoms with van der Waals surface area (Å²) in [5, 5.41) is 1.94. The van der Waals surface area contributed by atoms with E-state index in [0.29, 0.717) is 0 Å². The number of rotatable bonds is 3. The first-order valence-corrected chi connectivity index (χ1v) is 4.45. The van der Waals surface area contributed by atoms with E-state index in [1.54, 1.807) is 17.4 Å². The predicted molar refractivity (Wildman–Crippen MR) is 49.0 cm³/mol. The molecule has 0 bridgehead atoms. The molecule has 0 unspecified atom stereocenters.